The van der Waals surface area contributed by atoms with Gasteiger partial charge in [-0.2, -0.15) is 5.26 Å². The second kappa shape index (κ2) is 6.18. The Balaban J connectivity index is 2.57. The number of methoxy groups -OCH3 is 1. The minimum absolute atomic E-state index is 0.244. The maximum Gasteiger partial charge on any atom is 0.0991 e. The molecule has 0 saturated heterocycles. The lowest BCUT2D eigenvalue weighted by Gasteiger charge is -2.13. The van der Waals surface area contributed by atoms with E-state index in [1.807, 2.05) is 24.3 Å². The van der Waals surface area contributed by atoms with Gasteiger partial charge in [0, 0.05) is 19.7 Å². The first-order valence-corrected chi connectivity index (χ1v) is 5.00. The van der Waals surface area contributed by atoms with Crippen LogP contribution in [-0.2, 0) is 4.74 Å². The van der Waals surface area contributed by atoms with Gasteiger partial charge in [0.15, 0.2) is 0 Å². The molecule has 1 aromatic carbocycles. The number of nitrogens with zero attached hydrogens (tertiary/aromatic N) is 1. The molecule has 1 rings (SSSR count). The Labute approximate surface area is 90.7 Å². The Kier molecular flexibility index (Phi) is 4.82. The van der Waals surface area contributed by atoms with E-state index in [-0.39, 0.29) is 6.04 Å². The molecule has 0 aliphatic rings. The Morgan fingerprint density at radius 1 is 1.53 bits per heavy atom. The van der Waals surface area contributed by atoms with Gasteiger partial charge in [0.25, 0.3) is 0 Å². The zero-order valence-corrected chi connectivity index (χ0v) is 9.16. The zero-order valence-electron chi connectivity index (χ0n) is 9.16. The summed E-state index contributed by atoms with van der Waals surface area (Å²) in [5, 5.41) is 12.1. The largest absolute Gasteiger partial charge is 0.383 e. The number of nitriles is 1. The number of hydrogen-bond donors (Lipinski definition) is 1. The van der Waals surface area contributed by atoms with Gasteiger partial charge < -0.3 is 10.1 Å². The van der Waals surface area contributed by atoms with Crippen LogP contribution in [0.15, 0.2) is 24.3 Å². The number of nitrogens with one attached hydrogen (secondary N) is 1. The van der Waals surface area contributed by atoms with Crippen LogP contribution in [0.25, 0.3) is 0 Å². The van der Waals surface area contributed by atoms with E-state index in [4.69, 9.17) is 10.00 Å². The lowest BCUT2D eigenvalue weighted by Crippen LogP contribution is -2.22. The topological polar surface area (TPSA) is 45.0 Å². The van der Waals surface area contributed by atoms with Crippen molar-refractivity contribution >= 4 is 0 Å². The Morgan fingerprint density at radius 3 is 3.00 bits per heavy atom. The fraction of sp³-hybridized carbons (Fsp3) is 0.417. The molecule has 1 aromatic rings. The third-order valence-corrected chi connectivity index (χ3v) is 2.27. The quantitative estimate of drug-likeness (QED) is 0.744. The predicted octanol–water partition coefficient (Wildman–Crippen LogP) is 1.86. The molecule has 80 valence electrons. The fourth-order valence-electron chi connectivity index (χ4n) is 1.37. The average molecular weight is 204 g/mol. The van der Waals surface area contributed by atoms with Crippen molar-refractivity contribution in [3.8, 4) is 6.07 Å². The second-order valence-electron chi connectivity index (χ2n) is 3.41. The van der Waals surface area contributed by atoms with E-state index in [0.29, 0.717) is 12.2 Å². The summed E-state index contributed by atoms with van der Waals surface area (Å²) in [6.45, 7) is 3.59. The summed E-state index contributed by atoms with van der Waals surface area (Å²) in [6.07, 6.45) is 0. The lowest BCUT2D eigenvalue weighted by atomic mass is 10.1. The first-order chi connectivity index (χ1) is 7.27. The van der Waals surface area contributed by atoms with Crippen LogP contribution in [0.4, 0.5) is 0 Å². The highest BCUT2D eigenvalue weighted by atomic mass is 16.5. The van der Waals surface area contributed by atoms with Gasteiger partial charge in [-0.05, 0) is 24.6 Å². The van der Waals surface area contributed by atoms with Crippen LogP contribution in [-0.4, -0.2) is 20.3 Å². The maximum absolute atomic E-state index is 8.77. The van der Waals surface area contributed by atoms with Crippen LogP contribution in [0.3, 0.4) is 0 Å². The number of ether oxygens (including phenoxy) is 1. The van der Waals surface area contributed by atoms with Gasteiger partial charge >= 0.3 is 0 Å². The van der Waals surface area contributed by atoms with Crippen molar-refractivity contribution < 1.29 is 4.74 Å². The Bertz CT molecular complexity index is 344. The number of rotatable bonds is 5. The second-order valence-corrected chi connectivity index (χ2v) is 3.41. The predicted molar refractivity (Wildman–Crippen MR) is 59.5 cm³/mol. The monoisotopic (exact) mass is 204 g/mol. The molecule has 1 N–H and O–H groups in total. The summed E-state index contributed by atoms with van der Waals surface area (Å²) in [5.74, 6) is 0. The maximum atomic E-state index is 8.77. The molecule has 0 aromatic heterocycles. The summed E-state index contributed by atoms with van der Waals surface area (Å²) < 4.78 is 4.96. The molecule has 0 aliphatic carbocycles. The van der Waals surface area contributed by atoms with Crippen LogP contribution in [0.5, 0.6) is 0 Å². The van der Waals surface area contributed by atoms with Gasteiger partial charge in [0.2, 0.25) is 0 Å². The Hall–Kier alpha value is -1.37. The van der Waals surface area contributed by atoms with Crippen molar-refractivity contribution in [3.05, 3.63) is 35.4 Å². The highest BCUT2D eigenvalue weighted by Gasteiger charge is 2.04. The van der Waals surface area contributed by atoms with Gasteiger partial charge in [-0.15, -0.1) is 0 Å². The van der Waals surface area contributed by atoms with Crippen molar-refractivity contribution in [2.45, 2.75) is 13.0 Å². The third kappa shape index (κ3) is 3.70. The molecule has 3 heteroatoms. The summed E-state index contributed by atoms with van der Waals surface area (Å²) >= 11 is 0. The van der Waals surface area contributed by atoms with Crippen LogP contribution in [0.1, 0.15) is 24.1 Å². The first kappa shape index (κ1) is 11.7. The van der Waals surface area contributed by atoms with Crippen LogP contribution in [0.2, 0.25) is 0 Å². The van der Waals surface area contributed by atoms with Crippen molar-refractivity contribution in [2.24, 2.45) is 0 Å². The van der Waals surface area contributed by atoms with Gasteiger partial charge in [0.05, 0.1) is 18.2 Å². The average Bonchev–Trinajstić information content (AvgIpc) is 2.29. The standard InChI is InChI=1S/C12H16N2O/c1-10(14-6-7-15-2)12-5-3-4-11(8-12)9-13/h3-5,8,10,14H,6-7H2,1-2H3. The number of benzene rings is 1. The molecule has 0 aliphatic heterocycles. The van der Waals surface area contributed by atoms with Crippen molar-refractivity contribution in [2.75, 3.05) is 20.3 Å². The molecule has 0 amide bonds. The summed E-state index contributed by atoms with van der Waals surface area (Å²) in [7, 11) is 1.68. The highest BCUT2D eigenvalue weighted by molar-refractivity contribution is 5.33. The minimum Gasteiger partial charge on any atom is -0.383 e. The molecule has 0 bridgehead atoms. The van der Waals surface area contributed by atoms with E-state index < -0.39 is 0 Å². The summed E-state index contributed by atoms with van der Waals surface area (Å²) in [6, 6.07) is 10.0. The van der Waals surface area contributed by atoms with Crippen LogP contribution in [0, 0.1) is 11.3 Å². The third-order valence-electron chi connectivity index (χ3n) is 2.27. The molecule has 15 heavy (non-hydrogen) atoms. The molecule has 0 spiro atoms. The van der Waals surface area contributed by atoms with Crippen LogP contribution >= 0.6 is 0 Å². The van der Waals surface area contributed by atoms with E-state index >= 15 is 0 Å². The van der Waals surface area contributed by atoms with Gasteiger partial charge in [-0.3, -0.25) is 0 Å². The molecule has 0 fully saturated rings. The molecule has 1 atom stereocenters. The number of hydrogen-bond acceptors (Lipinski definition) is 3. The van der Waals surface area contributed by atoms with E-state index in [1.54, 1.807) is 7.11 Å². The van der Waals surface area contributed by atoms with Gasteiger partial charge in [-0.1, -0.05) is 12.1 Å². The van der Waals surface area contributed by atoms with E-state index in [2.05, 4.69) is 18.3 Å². The van der Waals surface area contributed by atoms with Crippen molar-refractivity contribution in [3.63, 3.8) is 0 Å². The van der Waals surface area contributed by atoms with E-state index in [0.717, 1.165) is 12.1 Å². The minimum atomic E-state index is 0.244. The normalized spacial score (nSPS) is 12.1. The van der Waals surface area contributed by atoms with E-state index in [1.165, 1.54) is 0 Å². The SMILES string of the molecule is COCCNC(C)c1cccc(C#N)c1. The summed E-state index contributed by atoms with van der Waals surface area (Å²) in [4.78, 5) is 0. The molecular formula is C12H16N2O. The molecular weight excluding hydrogens is 188 g/mol. The van der Waals surface area contributed by atoms with Crippen LogP contribution < -0.4 is 5.32 Å². The highest BCUT2D eigenvalue weighted by Crippen LogP contribution is 2.13. The molecule has 3 nitrogen and oxygen atoms in total. The van der Waals surface area contributed by atoms with Gasteiger partial charge in [-0.25, -0.2) is 0 Å². The van der Waals surface area contributed by atoms with E-state index in [9.17, 15) is 0 Å². The molecule has 1 unspecified atom stereocenters. The Morgan fingerprint density at radius 2 is 2.33 bits per heavy atom. The fourth-order valence-corrected chi connectivity index (χ4v) is 1.37. The molecule has 0 heterocycles. The van der Waals surface area contributed by atoms with Crippen molar-refractivity contribution in [1.29, 1.82) is 5.26 Å². The zero-order chi connectivity index (χ0) is 11.1. The molecule has 0 saturated carbocycles. The smallest absolute Gasteiger partial charge is 0.0991 e. The van der Waals surface area contributed by atoms with Crippen molar-refractivity contribution in [1.82, 2.24) is 5.32 Å². The van der Waals surface area contributed by atoms with Gasteiger partial charge in [0.1, 0.15) is 0 Å². The first-order valence-electron chi connectivity index (χ1n) is 5.00. The molecule has 0 radical (unpaired) electrons. The summed E-state index contributed by atoms with van der Waals surface area (Å²) in [5.41, 5.74) is 1.83. The lowest BCUT2D eigenvalue weighted by molar-refractivity contribution is 0.196.